The first-order chi connectivity index (χ1) is 12.8. The number of rotatable bonds is 6. The molecule has 0 unspecified atom stereocenters. The van der Waals surface area contributed by atoms with E-state index in [1.54, 1.807) is 14.2 Å². The first-order valence-corrected chi connectivity index (χ1v) is 8.70. The lowest BCUT2D eigenvalue weighted by Crippen LogP contribution is -2.37. The van der Waals surface area contributed by atoms with E-state index < -0.39 is 0 Å². The standard InChI is InChI=1S/C21H24N4O.HI/c1-22-21(25-15-16-8-10-19(26-2)11-9-16)24-14-12-18-6-3-5-17-7-4-13-23-20(17)18;/h3-11,13H,12,14-15H2,1-2H3,(H2,22,24,25);1H. The molecular weight excluding hydrogens is 451 g/mol. The number of hydrogen-bond acceptors (Lipinski definition) is 3. The Bertz CT molecular complexity index is 875. The number of fused-ring (bicyclic) bond motifs is 1. The SMILES string of the molecule is CN=C(NCCc1cccc2cccnc12)NCc1ccc(OC)cc1.I. The lowest BCUT2D eigenvalue weighted by Gasteiger charge is -2.13. The third-order valence-electron chi connectivity index (χ3n) is 4.25. The van der Waals surface area contributed by atoms with Gasteiger partial charge in [0.2, 0.25) is 0 Å². The maximum absolute atomic E-state index is 5.18. The predicted molar refractivity (Wildman–Crippen MR) is 122 cm³/mol. The first kappa shape index (κ1) is 21.0. The summed E-state index contributed by atoms with van der Waals surface area (Å²) in [5.74, 6) is 1.65. The Hall–Kier alpha value is -2.35. The normalized spacial score (nSPS) is 11.0. The van der Waals surface area contributed by atoms with Gasteiger partial charge in [0.15, 0.2) is 5.96 Å². The topological polar surface area (TPSA) is 58.5 Å². The number of nitrogens with one attached hydrogen (secondary N) is 2. The molecule has 0 aliphatic carbocycles. The zero-order valence-corrected chi connectivity index (χ0v) is 17.9. The van der Waals surface area contributed by atoms with Crippen molar-refractivity contribution in [2.75, 3.05) is 20.7 Å². The van der Waals surface area contributed by atoms with E-state index in [2.05, 4.69) is 44.9 Å². The smallest absolute Gasteiger partial charge is 0.191 e. The van der Waals surface area contributed by atoms with Crippen molar-refractivity contribution >= 4 is 40.8 Å². The number of guanidine groups is 1. The van der Waals surface area contributed by atoms with E-state index >= 15 is 0 Å². The highest BCUT2D eigenvalue weighted by Gasteiger charge is 2.03. The average Bonchev–Trinajstić information content (AvgIpc) is 2.71. The van der Waals surface area contributed by atoms with Gasteiger partial charge in [-0.1, -0.05) is 36.4 Å². The van der Waals surface area contributed by atoms with Gasteiger partial charge in [0.25, 0.3) is 0 Å². The Kier molecular flexibility index (Phi) is 8.32. The molecule has 2 aromatic carbocycles. The lowest BCUT2D eigenvalue weighted by atomic mass is 10.1. The van der Waals surface area contributed by atoms with E-state index in [9.17, 15) is 0 Å². The van der Waals surface area contributed by atoms with Crippen molar-refractivity contribution in [3.8, 4) is 5.75 Å². The molecule has 0 fully saturated rings. The van der Waals surface area contributed by atoms with Crippen LogP contribution < -0.4 is 15.4 Å². The number of aromatic nitrogens is 1. The molecule has 0 spiro atoms. The Morgan fingerprint density at radius 3 is 2.56 bits per heavy atom. The third kappa shape index (κ3) is 5.82. The van der Waals surface area contributed by atoms with Gasteiger partial charge in [-0.25, -0.2) is 0 Å². The van der Waals surface area contributed by atoms with E-state index in [4.69, 9.17) is 4.74 Å². The van der Waals surface area contributed by atoms with E-state index in [1.807, 2.05) is 36.5 Å². The Morgan fingerprint density at radius 2 is 1.81 bits per heavy atom. The fraction of sp³-hybridized carbons (Fsp3) is 0.238. The van der Waals surface area contributed by atoms with Crippen molar-refractivity contribution in [1.82, 2.24) is 15.6 Å². The molecule has 1 heterocycles. The van der Waals surface area contributed by atoms with Gasteiger partial charge in [0.1, 0.15) is 5.75 Å². The van der Waals surface area contributed by atoms with Crippen molar-refractivity contribution in [3.05, 3.63) is 71.9 Å². The fourth-order valence-electron chi connectivity index (χ4n) is 2.83. The zero-order valence-electron chi connectivity index (χ0n) is 15.6. The first-order valence-electron chi connectivity index (χ1n) is 8.70. The summed E-state index contributed by atoms with van der Waals surface area (Å²) in [5.41, 5.74) is 3.48. The predicted octanol–water partition coefficient (Wildman–Crippen LogP) is 3.77. The van der Waals surface area contributed by atoms with Crippen LogP contribution in [-0.2, 0) is 13.0 Å². The molecule has 0 bridgehead atoms. The number of hydrogen-bond donors (Lipinski definition) is 2. The van der Waals surface area contributed by atoms with Crippen molar-refractivity contribution in [3.63, 3.8) is 0 Å². The number of benzene rings is 2. The number of pyridine rings is 1. The zero-order chi connectivity index (χ0) is 18.2. The summed E-state index contributed by atoms with van der Waals surface area (Å²) in [4.78, 5) is 8.79. The minimum Gasteiger partial charge on any atom is -0.497 e. The summed E-state index contributed by atoms with van der Waals surface area (Å²) in [6.45, 7) is 1.50. The van der Waals surface area contributed by atoms with Gasteiger partial charge in [-0.2, -0.15) is 0 Å². The number of halogens is 1. The maximum Gasteiger partial charge on any atom is 0.191 e. The fourth-order valence-corrected chi connectivity index (χ4v) is 2.83. The highest BCUT2D eigenvalue weighted by molar-refractivity contribution is 14.0. The number of ether oxygens (including phenoxy) is 1. The number of aliphatic imine (C=N–C) groups is 1. The summed E-state index contributed by atoms with van der Waals surface area (Å²) in [6.07, 6.45) is 2.73. The monoisotopic (exact) mass is 476 g/mol. The maximum atomic E-state index is 5.18. The molecule has 142 valence electrons. The van der Waals surface area contributed by atoms with Gasteiger partial charge < -0.3 is 15.4 Å². The molecule has 5 nitrogen and oxygen atoms in total. The molecule has 0 radical (unpaired) electrons. The molecule has 6 heteroatoms. The van der Waals surface area contributed by atoms with E-state index in [0.29, 0.717) is 6.54 Å². The second-order valence-electron chi connectivity index (χ2n) is 5.94. The van der Waals surface area contributed by atoms with Crippen molar-refractivity contribution in [2.24, 2.45) is 4.99 Å². The van der Waals surface area contributed by atoms with Crippen LogP contribution in [0.3, 0.4) is 0 Å². The second kappa shape index (κ2) is 10.7. The molecule has 0 saturated carbocycles. The van der Waals surface area contributed by atoms with Crippen LogP contribution in [0.2, 0.25) is 0 Å². The molecule has 3 aromatic rings. The average molecular weight is 476 g/mol. The molecule has 0 aliphatic heterocycles. The number of para-hydroxylation sites is 1. The van der Waals surface area contributed by atoms with Gasteiger partial charge >= 0.3 is 0 Å². The minimum atomic E-state index is 0. The molecular formula is C21H25IN4O. The van der Waals surface area contributed by atoms with E-state index in [1.165, 1.54) is 16.5 Å². The number of nitrogens with zero attached hydrogens (tertiary/aromatic N) is 2. The third-order valence-corrected chi connectivity index (χ3v) is 4.25. The van der Waals surface area contributed by atoms with Crippen molar-refractivity contribution in [2.45, 2.75) is 13.0 Å². The van der Waals surface area contributed by atoms with Crippen LogP contribution in [0.4, 0.5) is 0 Å². The minimum absolute atomic E-state index is 0. The summed E-state index contributed by atoms with van der Waals surface area (Å²) < 4.78 is 5.18. The molecule has 2 N–H and O–H groups in total. The lowest BCUT2D eigenvalue weighted by molar-refractivity contribution is 0.414. The second-order valence-corrected chi connectivity index (χ2v) is 5.94. The van der Waals surface area contributed by atoms with Crippen LogP contribution in [0.1, 0.15) is 11.1 Å². The van der Waals surface area contributed by atoms with Crippen molar-refractivity contribution < 1.29 is 4.74 Å². The van der Waals surface area contributed by atoms with Crippen LogP contribution in [0.15, 0.2) is 65.8 Å². The summed E-state index contributed by atoms with van der Waals surface area (Å²) in [7, 11) is 3.45. The Morgan fingerprint density at radius 1 is 1.04 bits per heavy atom. The molecule has 1 aromatic heterocycles. The molecule has 3 rings (SSSR count). The largest absolute Gasteiger partial charge is 0.497 e. The van der Waals surface area contributed by atoms with Gasteiger partial charge in [-0.05, 0) is 35.7 Å². The van der Waals surface area contributed by atoms with Crippen LogP contribution >= 0.6 is 24.0 Å². The summed E-state index contributed by atoms with van der Waals surface area (Å²) in [6, 6.07) is 18.4. The Balaban J connectivity index is 0.00000261. The van der Waals surface area contributed by atoms with Gasteiger partial charge in [-0.15, -0.1) is 24.0 Å². The quantitative estimate of drug-likeness (QED) is 0.323. The molecule has 0 amide bonds. The van der Waals surface area contributed by atoms with Gasteiger partial charge in [0, 0.05) is 31.7 Å². The van der Waals surface area contributed by atoms with Crippen LogP contribution in [0.25, 0.3) is 10.9 Å². The van der Waals surface area contributed by atoms with Crippen molar-refractivity contribution in [1.29, 1.82) is 0 Å². The van der Waals surface area contributed by atoms with Crippen LogP contribution in [-0.4, -0.2) is 31.6 Å². The molecule has 0 aliphatic rings. The Labute approximate surface area is 177 Å². The summed E-state index contributed by atoms with van der Waals surface area (Å²) >= 11 is 0. The highest BCUT2D eigenvalue weighted by Crippen LogP contribution is 2.16. The highest BCUT2D eigenvalue weighted by atomic mass is 127. The van der Waals surface area contributed by atoms with Crippen LogP contribution in [0, 0.1) is 0 Å². The molecule has 27 heavy (non-hydrogen) atoms. The van der Waals surface area contributed by atoms with E-state index in [-0.39, 0.29) is 24.0 Å². The van der Waals surface area contributed by atoms with Gasteiger partial charge in [-0.3, -0.25) is 9.98 Å². The van der Waals surface area contributed by atoms with E-state index in [0.717, 1.165) is 30.2 Å². The summed E-state index contributed by atoms with van der Waals surface area (Å²) in [5, 5.41) is 7.86. The molecule has 0 atom stereocenters. The molecule has 0 saturated heterocycles. The van der Waals surface area contributed by atoms with Crippen LogP contribution in [0.5, 0.6) is 5.75 Å². The van der Waals surface area contributed by atoms with Gasteiger partial charge in [0.05, 0.1) is 12.6 Å². The number of methoxy groups -OCH3 is 1.